The van der Waals surface area contributed by atoms with Gasteiger partial charge in [0.25, 0.3) is 0 Å². The highest BCUT2D eigenvalue weighted by atomic mass is 16.2. The van der Waals surface area contributed by atoms with Gasteiger partial charge in [-0.15, -0.1) is 0 Å². The van der Waals surface area contributed by atoms with Crippen LogP contribution in [-0.4, -0.2) is 29.0 Å². The number of amides is 1. The Morgan fingerprint density at radius 1 is 1.41 bits per heavy atom. The van der Waals surface area contributed by atoms with Crippen molar-refractivity contribution in [1.82, 2.24) is 15.3 Å². The predicted molar refractivity (Wildman–Crippen MR) is 63.9 cm³/mol. The smallest absolute Gasteiger partial charge is 0.236 e. The second-order valence-electron chi connectivity index (χ2n) is 4.75. The molecule has 4 heterocycles. The van der Waals surface area contributed by atoms with Gasteiger partial charge in [-0.25, -0.2) is 4.98 Å². The number of nitrogens with zero attached hydrogens (tertiary/aromatic N) is 1. The zero-order chi connectivity index (χ0) is 11.5. The van der Waals surface area contributed by atoms with Gasteiger partial charge in [0, 0.05) is 23.7 Å². The number of nitrogens with one attached hydrogen (secondary N) is 3. The van der Waals surface area contributed by atoms with Gasteiger partial charge >= 0.3 is 0 Å². The van der Waals surface area contributed by atoms with Crippen LogP contribution in [0.15, 0.2) is 18.5 Å². The molecule has 1 amide bonds. The molecule has 5 heteroatoms. The van der Waals surface area contributed by atoms with Crippen LogP contribution in [0.25, 0.3) is 11.0 Å². The molecule has 3 N–H and O–H groups in total. The fourth-order valence-electron chi connectivity index (χ4n) is 3.07. The molecule has 0 saturated carbocycles. The van der Waals surface area contributed by atoms with E-state index in [-0.39, 0.29) is 5.91 Å². The van der Waals surface area contributed by atoms with Crippen molar-refractivity contribution in [3.05, 3.63) is 24.0 Å². The Hall–Kier alpha value is -1.88. The Kier molecular flexibility index (Phi) is 1.55. The Morgan fingerprint density at radius 3 is 3.18 bits per heavy atom. The first-order chi connectivity index (χ1) is 8.31. The third kappa shape index (κ3) is 0.975. The van der Waals surface area contributed by atoms with Crippen molar-refractivity contribution in [3.8, 4) is 0 Å². The molecule has 2 aromatic rings. The Labute approximate surface area is 97.6 Å². The molecule has 0 radical (unpaired) electrons. The average molecular weight is 228 g/mol. The van der Waals surface area contributed by atoms with Crippen molar-refractivity contribution in [2.24, 2.45) is 0 Å². The van der Waals surface area contributed by atoms with E-state index in [1.54, 1.807) is 6.20 Å². The van der Waals surface area contributed by atoms with Crippen LogP contribution in [0.1, 0.15) is 12.0 Å². The van der Waals surface area contributed by atoms with Crippen molar-refractivity contribution in [1.29, 1.82) is 0 Å². The minimum Gasteiger partial charge on any atom is -0.346 e. The van der Waals surface area contributed by atoms with Gasteiger partial charge in [0.2, 0.25) is 5.91 Å². The third-order valence-electron chi connectivity index (χ3n) is 3.90. The van der Waals surface area contributed by atoms with E-state index in [9.17, 15) is 4.79 Å². The molecule has 0 bridgehead atoms. The summed E-state index contributed by atoms with van der Waals surface area (Å²) in [6, 6.07) is 2.00. The fourth-order valence-corrected chi connectivity index (χ4v) is 3.07. The average Bonchev–Trinajstić information content (AvgIpc) is 3.02. The minimum absolute atomic E-state index is 0.105. The second kappa shape index (κ2) is 2.87. The molecule has 2 aliphatic rings. The molecule has 0 aromatic carbocycles. The molecule has 1 atom stereocenters. The summed E-state index contributed by atoms with van der Waals surface area (Å²) in [5.74, 6) is 0.105. The fraction of sp³-hybridized carbons (Fsp3) is 0.333. The number of fused-ring (bicyclic) bond motifs is 4. The Balaban J connectivity index is 2.09. The van der Waals surface area contributed by atoms with Crippen molar-refractivity contribution < 1.29 is 4.79 Å². The number of rotatable bonds is 0. The molecule has 4 rings (SSSR count). The molecular formula is C12H12N4O. The van der Waals surface area contributed by atoms with Crippen LogP contribution in [0.2, 0.25) is 0 Å². The zero-order valence-electron chi connectivity index (χ0n) is 9.21. The van der Waals surface area contributed by atoms with Crippen molar-refractivity contribution in [2.45, 2.75) is 11.8 Å². The van der Waals surface area contributed by atoms with E-state index in [1.165, 1.54) is 0 Å². The van der Waals surface area contributed by atoms with Crippen LogP contribution in [0, 0.1) is 0 Å². The molecule has 1 spiro atoms. The summed E-state index contributed by atoms with van der Waals surface area (Å²) >= 11 is 0. The van der Waals surface area contributed by atoms with Gasteiger partial charge in [-0.05, 0) is 19.0 Å². The van der Waals surface area contributed by atoms with Crippen LogP contribution >= 0.6 is 0 Å². The molecule has 2 aliphatic heterocycles. The van der Waals surface area contributed by atoms with E-state index < -0.39 is 5.41 Å². The third-order valence-corrected chi connectivity index (χ3v) is 3.90. The molecule has 17 heavy (non-hydrogen) atoms. The largest absolute Gasteiger partial charge is 0.346 e. The second-order valence-corrected chi connectivity index (χ2v) is 4.75. The number of aromatic amines is 1. The van der Waals surface area contributed by atoms with Crippen LogP contribution < -0.4 is 10.6 Å². The van der Waals surface area contributed by atoms with Gasteiger partial charge in [-0.3, -0.25) is 4.79 Å². The summed E-state index contributed by atoms with van der Waals surface area (Å²) in [6.45, 7) is 1.61. The maximum Gasteiger partial charge on any atom is 0.236 e. The maximum atomic E-state index is 12.2. The summed E-state index contributed by atoms with van der Waals surface area (Å²) in [5, 5.41) is 7.31. The molecule has 1 unspecified atom stereocenters. The van der Waals surface area contributed by atoms with E-state index in [4.69, 9.17) is 0 Å². The van der Waals surface area contributed by atoms with E-state index >= 15 is 0 Å². The lowest BCUT2D eigenvalue weighted by atomic mass is 9.80. The molecule has 1 saturated heterocycles. The van der Waals surface area contributed by atoms with E-state index in [0.29, 0.717) is 0 Å². The van der Waals surface area contributed by atoms with E-state index in [0.717, 1.165) is 41.8 Å². The molecule has 1 fully saturated rings. The summed E-state index contributed by atoms with van der Waals surface area (Å²) in [5.41, 5.74) is 2.44. The van der Waals surface area contributed by atoms with Gasteiger partial charge in [0.15, 0.2) is 0 Å². The Bertz CT molecular complexity index is 624. The standard InChI is InChI=1S/C12H12N4O/c17-11-12(2-4-13-6-12)9-7-1-3-14-10(7)15-5-8(9)16-11/h1,3,5,13H,2,4,6H2,(H,14,15)(H,16,17). The van der Waals surface area contributed by atoms with Gasteiger partial charge in [0.05, 0.1) is 17.3 Å². The van der Waals surface area contributed by atoms with Crippen molar-refractivity contribution in [3.63, 3.8) is 0 Å². The van der Waals surface area contributed by atoms with E-state index in [2.05, 4.69) is 20.6 Å². The molecular weight excluding hydrogens is 216 g/mol. The lowest BCUT2D eigenvalue weighted by Gasteiger charge is -2.20. The predicted octanol–water partition coefficient (Wildman–Crippen LogP) is 0.746. The van der Waals surface area contributed by atoms with Gasteiger partial charge in [0.1, 0.15) is 5.65 Å². The van der Waals surface area contributed by atoms with Crippen LogP contribution in [-0.2, 0) is 10.2 Å². The number of pyridine rings is 1. The number of anilines is 1. The van der Waals surface area contributed by atoms with Gasteiger partial charge < -0.3 is 15.6 Å². The molecule has 0 aliphatic carbocycles. The monoisotopic (exact) mass is 228 g/mol. The first-order valence-electron chi connectivity index (χ1n) is 5.80. The molecule has 2 aromatic heterocycles. The summed E-state index contributed by atoms with van der Waals surface area (Å²) in [7, 11) is 0. The van der Waals surface area contributed by atoms with E-state index in [1.807, 2.05) is 12.3 Å². The van der Waals surface area contributed by atoms with Gasteiger partial charge in [-0.1, -0.05) is 0 Å². The first kappa shape index (κ1) is 9.18. The maximum absolute atomic E-state index is 12.2. The number of carbonyl (C=O) groups excluding carboxylic acids is 1. The highest BCUT2D eigenvalue weighted by Crippen LogP contribution is 2.44. The normalized spacial score (nSPS) is 26.7. The number of hydrogen-bond acceptors (Lipinski definition) is 3. The summed E-state index contributed by atoms with van der Waals surface area (Å²) < 4.78 is 0. The first-order valence-corrected chi connectivity index (χ1v) is 5.80. The van der Waals surface area contributed by atoms with Crippen LogP contribution in [0.3, 0.4) is 0 Å². The number of carbonyl (C=O) groups is 1. The quantitative estimate of drug-likeness (QED) is 0.623. The number of H-pyrrole nitrogens is 1. The van der Waals surface area contributed by atoms with Crippen LogP contribution in [0.5, 0.6) is 0 Å². The summed E-state index contributed by atoms with van der Waals surface area (Å²) in [4.78, 5) is 19.6. The highest BCUT2D eigenvalue weighted by molar-refractivity contribution is 6.11. The highest BCUT2D eigenvalue weighted by Gasteiger charge is 2.49. The number of hydrogen-bond donors (Lipinski definition) is 3. The minimum atomic E-state index is -0.390. The Morgan fingerprint density at radius 2 is 2.35 bits per heavy atom. The number of aromatic nitrogens is 2. The van der Waals surface area contributed by atoms with Crippen molar-refractivity contribution in [2.75, 3.05) is 18.4 Å². The topological polar surface area (TPSA) is 69.8 Å². The van der Waals surface area contributed by atoms with Crippen molar-refractivity contribution >= 4 is 22.6 Å². The molecule has 5 nitrogen and oxygen atoms in total. The zero-order valence-corrected chi connectivity index (χ0v) is 9.21. The lowest BCUT2D eigenvalue weighted by Crippen LogP contribution is -2.36. The summed E-state index contributed by atoms with van der Waals surface area (Å²) in [6.07, 6.45) is 4.48. The lowest BCUT2D eigenvalue weighted by molar-refractivity contribution is -0.120. The van der Waals surface area contributed by atoms with Gasteiger partial charge in [-0.2, -0.15) is 0 Å². The van der Waals surface area contributed by atoms with Crippen LogP contribution in [0.4, 0.5) is 5.69 Å². The SMILES string of the molecule is O=C1Nc2cnc3[nH]ccc3c2C12CCNC2. The molecule has 86 valence electrons.